The molecule has 1 aromatic carbocycles. The number of carbonyl (C=O) groups excluding carboxylic acids is 1. The average Bonchev–Trinajstić information content (AvgIpc) is 2.69. The van der Waals surface area contributed by atoms with E-state index in [1.165, 1.54) is 0 Å². The molecule has 0 saturated heterocycles. The third-order valence-electron chi connectivity index (χ3n) is 6.10. The van der Waals surface area contributed by atoms with Gasteiger partial charge in [-0.15, -0.1) is 0 Å². The van der Waals surface area contributed by atoms with Crippen molar-refractivity contribution in [2.45, 2.75) is 72.9 Å². The van der Waals surface area contributed by atoms with Crippen molar-refractivity contribution < 1.29 is 14.7 Å². The molecule has 0 saturated carbocycles. The summed E-state index contributed by atoms with van der Waals surface area (Å²) < 4.78 is 0. The molecule has 1 rings (SSSR count). The monoisotopic (exact) mass is 442 g/mol. The van der Waals surface area contributed by atoms with Gasteiger partial charge < -0.3 is 15.7 Å². The number of carboxylic acids is 1. The van der Waals surface area contributed by atoms with Crippen molar-refractivity contribution in [3.63, 3.8) is 0 Å². The number of hydrogen-bond donors (Lipinski definition) is 3. The van der Waals surface area contributed by atoms with E-state index in [1.807, 2.05) is 49.5 Å². The molecule has 0 aliphatic carbocycles. The van der Waals surface area contributed by atoms with Crippen molar-refractivity contribution in [1.29, 1.82) is 0 Å². The van der Waals surface area contributed by atoms with E-state index < -0.39 is 17.4 Å². The van der Waals surface area contributed by atoms with Crippen LogP contribution >= 0.6 is 0 Å². The smallest absolute Gasteiger partial charge is 0.330 e. The predicted octanol–water partition coefficient (Wildman–Crippen LogP) is 4.94. The molecule has 3 N–H and O–H groups in total. The summed E-state index contributed by atoms with van der Waals surface area (Å²) in [6.45, 7) is 16.1. The van der Waals surface area contributed by atoms with Crippen LogP contribution in [-0.4, -0.2) is 36.1 Å². The van der Waals surface area contributed by atoms with Gasteiger partial charge in [-0.2, -0.15) is 0 Å². The molecule has 0 heterocycles. The van der Waals surface area contributed by atoms with E-state index in [4.69, 9.17) is 0 Å². The van der Waals surface area contributed by atoms with Gasteiger partial charge in [0.05, 0.1) is 12.1 Å². The maximum atomic E-state index is 13.4. The lowest BCUT2D eigenvalue weighted by Gasteiger charge is -2.37. The molecular weight excluding hydrogens is 400 g/mol. The van der Waals surface area contributed by atoms with Crippen LogP contribution in [0.5, 0.6) is 0 Å². The number of rotatable bonds is 10. The Hall–Kier alpha value is -2.40. The highest BCUT2D eigenvalue weighted by atomic mass is 16.4. The Morgan fingerprint density at radius 1 is 1.00 bits per heavy atom. The fraction of sp³-hybridized carbons (Fsp3) is 0.556. The van der Waals surface area contributed by atoms with E-state index >= 15 is 0 Å². The van der Waals surface area contributed by atoms with Gasteiger partial charge in [0.25, 0.3) is 0 Å². The Balaban J connectivity index is 3.18. The number of aliphatic carboxylic acids is 1. The number of nitrogens with one attached hydrogen (secondary N) is 2. The van der Waals surface area contributed by atoms with Gasteiger partial charge in [0.15, 0.2) is 0 Å². The lowest BCUT2D eigenvalue weighted by Crippen LogP contribution is -2.56. The van der Waals surface area contributed by atoms with Crippen LogP contribution in [0, 0.1) is 17.3 Å². The molecule has 0 fully saturated rings. The second-order valence-electron chi connectivity index (χ2n) is 10.5. The number of allylic oxidation sites excluding steroid dienone is 2. The number of hydrogen-bond acceptors (Lipinski definition) is 3. The van der Waals surface area contributed by atoms with E-state index in [2.05, 4.69) is 59.1 Å². The molecule has 32 heavy (non-hydrogen) atoms. The molecule has 0 radical (unpaired) electrons. The molecule has 0 spiro atoms. The zero-order valence-electron chi connectivity index (χ0n) is 21.2. The van der Waals surface area contributed by atoms with Gasteiger partial charge in [0.1, 0.15) is 0 Å². The molecule has 0 aliphatic rings. The first-order chi connectivity index (χ1) is 14.7. The first kappa shape index (κ1) is 27.6. The fourth-order valence-electron chi connectivity index (χ4n) is 3.71. The highest BCUT2D eigenvalue weighted by molar-refractivity contribution is 5.86. The van der Waals surface area contributed by atoms with Crippen LogP contribution in [0.3, 0.4) is 0 Å². The summed E-state index contributed by atoms with van der Waals surface area (Å²) in [4.78, 5) is 24.7. The van der Waals surface area contributed by atoms with Crippen molar-refractivity contribution in [1.82, 2.24) is 10.6 Å². The lowest BCUT2D eigenvalue weighted by atomic mass is 9.76. The minimum Gasteiger partial charge on any atom is -0.478 e. The van der Waals surface area contributed by atoms with Crippen LogP contribution < -0.4 is 10.6 Å². The molecule has 5 nitrogen and oxygen atoms in total. The number of carboxylic acid groups (broad SMARTS) is 1. The normalized spacial score (nSPS) is 16.1. The Morgan fingerprint density at radius 3 is 2.00 bits per heavy atom. The average molecular weight is 443 g/mol. The summed E-state index contributed by atoms with van der Waals surface area (Å²) in [7, 11) is 1.81. The summed E-state index contributed by atoms with van der Waals surface area (Å²) in [5.74, 6) is -0.776. The largest absolute Gasteiger partial charge is 0.478 e. The van der Waals surface area contributed by atoms with E-state index in [-0.39, 0.29) is 29.2 Å². The maximum absolute atomic E-state index is 13.4. The van der Waals surface area contributed by atoms with Gasteiger partial charge >= 0.3 is 5.97 Å². The van der Waals surface area contributed by atoms with Crippen molar-refractivity contribution in [2.24, 2.45) is 17.3 Å². The molecule has 3 atom stereocenters. The summed E-state index contributed by atoms with van der Waals surface area (Å²) in [5.41, 5.74) is 0.790. The maximum Gasteiger partial charge on any atom is 0.330 e. The Labute approximate surface area is 194 Å². The molecule has 0 aliphatic heterocycles. The fourth-order valence-corrected chi connectivity index (χ4v) is 3.71. The summed E-state index contributed by atoms with van der Waals surface area (Å²) in [6.07, 6.45) is 5.81. The van der Waals surface area contributed by atoms with Gasteiger partial charge in [-0.25, -0.2) is 4.79 Å². The van der Waals surface area contributed by atoms with Gasteiger partial charge in [0.2, 0.25) is 5.91 Å². The standard InChI is InChI=1S/C27H42N2O3/c1-18(2)20(17-19(3)25(31)32)15-16-22(26(4,5)6)29-24(30)23(28-9)27(7,8)21-13-11-10-12-14-21/h10-18,20,22-23,28H,1-9H3,(H,29,30)(H,31,32)/b16-15+,19-17+/t20-,22-,23-/m1/s1. The van der Waals surface area contributed by atoms with Gasteiger partial charge in [0, 0.05) is 11.0 Å². The molecule has 1 amide bonds. The molecule has 178 valence electrons. The SMILES string of the molecule is CN[C@H](C(=O)N[C@H](/C=C/[C@H](/C=C(\C)C(=O)O)C(C)C)C(C)(C)C)C(C)(C)c1ccccc1. The van der Waals surface area contributed by atoms with Gasteiger partial charge in [-0.05, 0) is 36.8 Å². The zero-order chi connectivity index (χ0) is 24.7. The van der Waals surface area contributed by atoms with E-state index in [9.17, 15) is 14.7 Å². The van der Waals surface area contributed by atoms with Crippen LogP contribution in [0.2, 0.25) is 0 Å². The van der Waals surface area contributed by atoms with Crippen LogP contribution in [0.1, 0.15) is 61.0 Å². The second-order valence-corrected chi connectivity index (χ2v) is 10.5. The van der Waals surface area contributed by atoms with E-state index in [0.29, 0.717) is 5.57 Å². The third-order valence-corrected chi connectivity index (χ3v) is 6.10. The number of carbonyl (C=O) groups is 2. The number of amides is 1. The minimum atomic E-state index is -0.912. The predicted molar refractivity (Wildman–Crippen MR) is 133 cm³/mol. The molecular formula is C27H42N2O3. The molecule has 0 unspecified atom stereocenters. The van der Waals surface area contributed by atoms with Crippen LogP contribution in [0.4, 0.5) is 0 Å². The summed E-state index contributed by atoms with van der Waals surface area (Å²) in [6, 6.07) is 9.41. The van der Waals surface area contributed by atoms with Crippen molar-refractivity contribution >= 4 is 11.9 Å². The first-order valence-corrected chi connectivity index (χ1v) is 11.3. The van der Waals surface area contributed by atoms with E-state index in [1.54, 1.807) is 13.0 Å². The highest BCUT2D eigenvalue weighted by Gasteiger charge is 2.37. The van der Waals surface area contributed by atoms with Crippen LogP contribution in [-0.2, 0) is 15.0 Å². The van der Waals surface area contributed by atoms with Crippen LogP contribution in [0.25, 0.3) is 0 Å². The highest BCUT2D eigenvalue weighted by Crippen LogP contribution is 2.28. The van der Waals surface area contributed by atoms with Crippen molar-refractivity contribution in [3.05, 3.63) is 59.7 Å². The summed E-state index contributed by atoms with van der Waals surface area (Å²) in [5, 5.41) is 15.7. The van der Waals surface area contributed by atoms with Crippen molar-refractivity contribution in [3.8, 4) is 0 Å². The Kier molecular flexibility index (Phi) is 9.90. The molecule has 0 aromatic heterocycles. The minimum absolute atomic E-state index is 0.0336. The second kappa shape index (κ2) is 11.5. The lowest BCUT2D eigenvalue weighted by molar-refractivity contribution is -0.132. The van der Waals surface area contributed by atoms with Gasteiger partial charge in [-0.3, -0.25) is 4.79 Å². The van der Waals surface area contributed by atoms with E-state index in [0.717, 1.165) is 5.56 Å². The quantitative estimate of drug-likeness (QED) is 0.354. The Bertz CT molecular complexity index is 817. The van der Waals surface area contributed by atoms with Crippen LogP contribution in [0.15, 0.2) is 54.1 Å². The Morgan fingerprint density at radius 2 is 1.56 bits per heavy atom. The zero-order valence-corrected chi connectivity index (χ0v) is 21.2. The number of benzene rings is 1. The first-order valence-electron chi connectivity index (χ1n) is 11.3. The third kappa shape index (κ3) is 7.63. The number of likely N-dealkylation sites (N-methyl/N-ethyl adjacent to an activating group) is 1. The molecule has 0 bridgehead atoms. The summed E-state index contributed by atoms with van der Waals surface area (Å²) >= 11 is 0. The molecule has 1 aromatic rings. The topological polar surface area (TPSA) is 78.4 Å². The van der Waals surface area contributed by atoms with Crippen molar-refractivity contribution in [2.75, 3.05) is 7.05 Å². The molecule has 5 heteroatoms. The van der Waals surface area contributed by atoms with Gasteiger partial charge in [-0.1, -0.05) is 97.0 Å².